The first-order valence-corrected chi connectivity index (χ1v) is 23.2. The second kappa shape index (κ2) is 24.2. The minimum absolute atomic E-state index is 0.0184. The van der Waals surface area contributed by atoms with Crippen molar-refractivity contribution < 1.29 is 62.6 Å². The standard InChI is InChI=1S/C48H76N2O13/c1-11-20-61-39-26-33(17-18-35(39)49-47(56)60-13-3)24-30(6)42-32(8)37(51)27-38(52)34(12-2)22-28(4)21-29(5)23-40(58-9)43-41(59-10)25-31(7)48(57,63-43)44(53)45(54)50-19-15-14-16-36(50)46(55)62-42/h11,22,24,29,31-37,39-43,51,57H,1,12-21,23,25-27H2,2-10H3,(H,49,56)/b28-22+,30-24?. The number of nitrogens with zero attached hydrogens (tertiary/aromatic N) is 1. The zero-order valence-electron chi connectivity index (χ0n) is 39.2. The number of carbonyl (C=O) groups excluding carboxylic acids is 5. The van der Waals surface area contributed by atoms with E-state index in [2.05, 4.69) is 11.9 Å². The summed E-state index contributed by atoms with van der Waals surface area (Å²) in [5.74, 6) is -7.77. The number of aliphatic hydroxyl groups is 2. The molecule has 0 radical (unpaired) electrons. The Hall–Kier alpha value is -3.47. The number of allylic oxidation sites excluding steroid dienone is 3. The Morgan fingerprint density at radius 2 is 1.70 bits per heavy atom. The third-order valence-corrected chi connectivity index (χ3v) is 13.6. The first-order chi connectivity index (χ1) is 29.9. The first-order valence-electron chi connectivity index (χ1n) is 23.2. The van der Waals surface area contributed by atoms with E-state index in [0.29, 0.717) is 56.9 Å². The van der Waals surface area contributed by atoms with Crippen LogP contribution in [0, 0.1) is 29.6 Å². The summed E-state index contributed by atoms with van der Waals surface area (Å²) in [5, 5.41) is 26.8. The lowest BCUT2D eigenvalue weighted by molar-refractivity contribution is -0.302. The van der Waals surface area contributed by atoms with Gasteiger partial charge in [0.05, 0.1) is 43.7 Å². The summed E-state index contributed by atoms with van der Waals surface area (Å²) in [6, 6.07) is -1.46. The number of piperidine rings is 1. The van der Waals surface area contributed by atoms with Crippen LogP contribution < -0.4 is 5.32 Å². The predicted octanol–water partition coefficient (Wildman–Crippen LogP) is 5.78. The monoisotopic (exact) mass is 889 g/mol. The van der Waals surface area contributed by atoms with Crippen molar-refractivity contribution in [3.63, 3.8) is 0 Å². The van der Waals surface area contributed by atoms with Crippen LogP contribution in [-0.2, 0) is 47.6 Å². The number of methoxy groups -OCH3 is 2. The zero-order chi connectivity index (χ0) is 46.6. The minimum Gasteiger partial charge on any atom is -0.456 e. The second-order valence-electron chi connectivity index (χ2n) is 18.4. The van der Waals surface area contributed by atoms with Crippen molar-refractivity contribution in [2.75, 3.05) is 34.0 Å². The summed E-state index contributed by atoms with van der Waals surface area (Å²) in [7, 11) is 3.06. The summed E-state index contributed by atoms with van der Waals surface area (Å²) in [6.07, 6.45) is 5.10. The summed E-state index contributed by atoms with van der Waals surface area (Å²) in [4.78, 5) is 70.6. The molecular weight excluding hydrogens is 813 g/mol. The summed E-state index contributed by atoms with van der Waals surface area (Å²) >= 11 is 0. The van der Waals surface area contributed by atoms with E-state index in [0.717, 1.165) is 5.57 Å². The Balaban J connectivity index is 1.74. The molecular formula is C48H76N2O13. The maximum atomic E-state index is 14.5. The van der Waals surface area contributed by atoms with Crippen LogP contribution >= 0.6 is 0 Å². The third kappa shape index (κ3) is 13.3. The molecule has 14 atom stereocenters. The topological polar surface area (TPSA) is 196 Å². The molecule has 4 aliphatic rings. The Kier molecular flexibility index (Phi) is 20.0. The van der Waals surface area contributed by atoms with Gasteiger partial charge >= 0.3 is 12.1 Å². The van der Waals surface area contributed by atoms with E-state index < -0.39 is 83.9 Å². The van der Waals surface area contributed by atoms with Crippen LogP contribution in [0.5, 0.6) is 0 Å². The van der Waals surface area contributed by atoms with Gasteiger partial charge in [0.25, 0.3) is 11.7 Å². The molecule has 15 heteroatoms. The summed E-state index contributed by atoms with van der Waals surface area (Å²) in [6.45, 7) is 17.2. The fraction of sp³-hybridized carbons (Fsp3) is 0.771. The molecule has 2 bridgehead atoms. The van der Waals surface area contributed by atoms with Gasteiger partial charge in [-0.2, -0.15) is 0 Å². The van der Waals surface area contributed by atoms with E-state index in [-0.39, 0.29) is 68.8 Å². The van der Waals surface area contributed by atoms with Gasteiger partial charge in [0.1, 0.15) is 24.0 Å². The number of esters is 1. The normalized spacial score (nSPS) is 38.0. The molecule has 15 nitrogen and oxygen atoms in total. The van der Waals surface area contributed by atoms with Crippen molar-refractivity contribution in [2.45, 2.75) is 174 Å². The number of ketones is 2. The molecule has 0 aromatic carbocycles. The lowest BCUT2D eigenvalue weighted by atomic mass is 9.81. The van der Waals surface area contributed by atoms with Gasteiger partial charge in [-0.25, -0.2) is 9.59 Å². The highest BCUT2D eigenvalue weighted by Gasteiger charge is 2.56. The van der Waals surface area contributed by atoms with Crippen LogP contribution in [-0.4, -0.2) is 133 Å². The van der Waals surface area contributed by atoms with Gasteiger partial charge in [0.15, 0.2) is 0 Å². The number of Topliss-reactive ketones (excluding diaryl/α,β-unsaturated/α-hetero) is 2. The second-order valence-corrected chi connectivity index (χ2v) is 18.4. The zero-order valence-corrected chi connectivity index (χ0v) is 39.2. The molecule has 356 valence electrons. The molecule has 2 saturated heterocycles. The molecule has 4 rings (SSSR count). The number of alkyl carbamates (subject to hydrolysis) is 1. The average molecular weight is 889 g/mol. The van der Waals surface area contributed by atoms with Crippen LogP contribution in [0.3, 0.4) is 0 Å². The van der Waals surface area contributed by atoms with E-state index in [1.165, 1.54) is 19.1 Å². The first kappa shape index (κ1) is 52.2. The van der Waals surface area contributed by atoms with E-state index in [9.17, 15) is 34.2 Å². The van der Waals surface area contributed by atoms with Crippen molar-refractivity contribution in [3.8, 4) is 0 Å². The molecule has 14 unspecified atom stereocenters. The van der Waals surface area contributed by atoms with Gasteiger partial charge in [-0.15, -0.1) is 6.58 Å². The fourth-order valence-corrected chi connectivity index (χ4v) is 10.0. The van der Waals surface area contributed by atoms with Gasteiger partial charge in [0, 0.05) is 44.9 Å². The largest absolute Gasteiger partial charge is 0.456 e. The molecule has 0 aromatic rings. The van der Waals surface area contributed by atoms with Crippen LogP contribution in [0.15, 0.2) is 36.0 Å². The Morgan fingerprint density at radius 3 is 2.35 bits per heavy atom. The molecule has 2 amide bonds. The lowest BCUT2D eigenvalue weighted by Crippen LogP contribution is -2.64. The highest BCUT2D eigenvalue weighted by Crippen LogP contribution is 2.39. The van der Waals surface area contributed by atoms with E-state index in [4.69, 9.17) is 28.4 Å². The van der Waals surface area contributed by atoms with E-state index >= 15 is 0 Å². The van der Waals surface area contributed by atoms with Crippen LogP contribution in [0.1, 0.15) is 119 Å². The number of hydrogen-bond donors (Lipinski definition) is 3. The van der Waals surface area contributed by atoms with Crippen molar-refractivity contribution >= 4 is 29.5 Å². The number of fused-ring (bicyclic) bond motifs is 3. The van der Waals surface area contributed by atoms with Crippen molar-refractivity contribution in [1.82, 2.24) is 10.2 Å². The number of nitrogens with one attached hydrogen (secondary N) is 1. The maximum absolute atomic E-state index is 14.5. The number of amides is 2. The lowest BCUT2D eigenvalue weighted by Gasteiger charge is -2.47. The fourth-order valence-electron chi connectivity index (χ4n) is 10.0. The number of hydrogen-bond acceptors (Lipinski definition) is 13. The van der Waals surface area contributed by atoms with Crippen molar-refractivity contribution in [3.05, 3.63) is 36.0 Å². The van der Waals surface area contributed by atoms with E-state index in [1.54, 1.807) is 26.8 Å². The molecule has 1 aliphatic carbocycles. The average Bonchev–Trinajstić information content (AvgIpc) is 3.25. The van der Waals surface area contributed by atoms with Gasteiger partial charge in [0.2, 0.25) is 5.79 Å². The predicted molar refractivity (Wildman–Crippen MR) is 235 cm³/mol. The molecule has 3 aliphatic heterocycles. The molecule has 1 saturated carbocycles. The maximum Gasteiger partial charge on any atom is 0.407 e. The van der Waals surface area contributed by atoms with Crippen LogP contribution in [0.4, 0.5) is 4.79 Å². The Labute approximate surface area is 374 Å². The summed E-state index contributed by atoms with van der Waals surface area (Å²) < 4.78 is 35.6. The smallest absolute Gasteiger partial charge is 0.407 e. The molecule has 0 aromatic heterocycles. The van der Waals surface area contributed by atoms with Crippen LogP contribution in [0.2, 0.25) is 0 Å². The van der Waals surface area contributed by atoms with Crippen molar-refractivity contribution in [1.29, 1.82) is 0 Å². The number of cyclic esters (lactones) is 1. The highest BCUT2D eigenvalue weighted by atomic mass is 16.7. The number of aliphatic hydroxyl groups excluding tert-OH is 1. The Bertz CT molecular complexity index is 1650. The Morgan fingerprint density at radius 1 is 1.00 bits per heavy atom. The number of rotatable bonds is 10. The molecule has 3 N–H and O–H groups in total. The number of carbonyl (C=O) groups is 5. The summed E-state index contributed by atoms with van der Waals surface area (Å²) in [5.41, 5.74) is 1.62. The molecule has 3 heterocycles. The van der Waals surface area contributed by atoms with E-state index in [1.807, 2.05) is 39.8 Å². The van der Waals surface area contributed by atoms with Gasteiger partial charge < -0.3 is 48.9 Å². The van der Waals surface area contributed by atoms with Crippen molar-refractivity contribution in [2.24, 2.45) is 29.6 Å². The SMILES string of the molecule is C=CCOC1CC(C=C(C)C2OC(=O)C3CCCCN3C(=O)C(=O)C3(O)OC(C(OC)CC(C)C/C(C)=C/C(CC)C(=O)CC(O)C2C)C(OC)CC3C)CCC1NC(=O)OCC. The van der Waals surface area contributed by atoms with Crippen LogP contribution in [0.25, 0.3) is 0 Å². The molecule has 3 fully saturated rings. The minimum atomic E-state index is -2.52. The van der Waals surface area contributed by atoms with Gasteiger partial charge in [-0.1, -0.05) is 51.5 Å². The molecule has 63 heavy (non-hydrogen) atoms. The highest BCUT2D eigenvalue weighted by molar-refractivity contribution is 6.39. The van der Waals surface area contributed by atoms with Gasteiger partial charge in [-0.05, 0) is 102 Å². The quantitative estimate of drug-likeness (QED) is 0.136. The van der Waals surface area contributed by atoms with Gasteiger partial charge in [-0.3, -0.25) is 14.4 Å². The molecule has 0 spiro atoms. The third-order valence-electron chi connectivity index (χ3n) is 13.6. The number of ether oxygens (including phenoxy) is 6.